The Hall–Kier alpha value is -2.36. The molecule has 1 aromatic heterocycles. The van der Waals surface area contributed by atoms with Gasteiger partial charge in [-0.05, 0) is 45.0 Å². The SMILES string of the molecule is CCOc1cccc(-c2ccc(C(C)=O)c(=O)n2CC)c1. The first kappa shape index (κ1) is 15.0. The molecule has 0 atom stereocenters. The average molecular weight is 285 g/mol. The molecular weight excluding hydrogens is 266 g/mol. The van der Waals surface area contributed by atoms with E-state index >= 15 is 0 Å². The van der Waals surface area contributed by atoms with Gasteiger partial charge in [-0.1, -0.05) is 12.1 Å². The molecule has 2 aromatic rings. The van der Waals surface area contributed by atoms with Gasteiger partial charge in [0.2, 0.25) is 0 Å². The summed E-state index contributed by atoms with van der Waals surface area (Å²) >= 11 is 0. The summed E-state index contributed by atoms with van der Waals surface area (Å²) in [5.41, 5.74) is 1.66. The number of hydrogen-bond acceptors (Lipinski definition) is 3. The molecule has 2 rings (SSSR count). The molecular formula is C17H19NO3. The van der Waals surface area contributed by atoms with E-state index in [4.69, 9.17) is 4.74 Å². The Morgan fingerprint density at radius 1 is 1.19 bits per heavy atom. The fourth-order valence-electron chi connectivity index (χ4n) is 2.32. The zero-order valence-electron chi connectivity index (χ0n) is 12.6. The minimum Gasteiger partial charge on any atom is -0.494 e. The molecule has 0 N–H and O–H groups in total. The molecule has 0 amide bonds. The van der Waals surface area contributed by atoms with Crippen molar-refractivity contribution in [1.82, 2.24) is 4.57 Å². The lowest BCUT2D eigenvalue weighted by molar-refractivity contribution is 0.101. The Bertz CT molecular complexity index is 716. The van der Waals surface area contributed by atoms with Gasteiger partial charge in [0.25, 0.3) is 5.56 Å². The Morgan fingerprint density at radius 3 is 2.57 bits per heavy atom. The van der Waals surface area contributed by atoms with Gasteiger partial charge in [-0.3, -0.25) is 9.59 Å². The minimum absolute atomic E-state index is 0.211. The molecule has 0 unspecified atom stereocenters. The smallest absolute Gasteiger partial charge is 0.261 e. The van der Waals surface area contributed by atoms with Gasteiger partial charge in [0.15, 0.2) is 5.78 Å². The maximum absolute atomic E-state index is 12.4. The summed E-state index contributed by atoms with van der Waals surface area (Å²) in [6, 6.07) is 11.0. The van der Waals surface area contributed by atoms with E-state index in [9.17, 15) is 9.59 Å². The van der Waals surface area contributed by atoms with Crippen molar-refractivity contribution in [1.29, 1.82) is 0 Å². The normalized spacial score (nSPS) is 10.4. The predicted octanol–water partition coefficient (Wildman–Crippen LogP) is 3.14. The van der Waals surface area contributed by atoms with Crippen LogP contribution in [0.4, 0.5) is 0 Å². The Labute approximate surface area is 124 Å². The molecule has 0 bridgehead atoms. The molecule has 0 radical (unpaired) electrons. The van der Waals surface area contributed by atoms with Crippen molar-refractivity contribution in [3.8, 4) is 17.0 Å². The van der Waals surface area contributed by atoms with E-state index in [2.05, 4.69) is 0 Å². The maximum Gasteiger partial charge on any atom is 0.261 e. The zero-order valence-corrected chi connectivity index (χ0v) is 12.6. The van der Waals surface area contributed by atoms with Crippen LogP contribution in [-0.2, 0) is 6.54 Å². The number of nitrogens with zero attached hydrogens (tertiary/aromatic N) is 1. The number of carbonyl (C=O) groups is 1. The molecule has 1 heterocycles. The quantitative estimate of drug-likeness (QED) is 0.793. The van der Waals surface area contributed by atoms with Gasteiger partial charge in [-0.15, -0.1) is 0 Å². The number of hydrogen-bond donors (Lipinski definition) is 0. The second-order valence-electron chi connectivity index (χ2n) is 4.70. The van der Waals surface area contributed by atoms with Crippen LogP contribution in [0.5, 0.6) is 5.75 Å². The van der Waals surface area contributed by atoms with Crippen LogP contribution in [0.15, 0.2) is 41.2 Å². The van der Waals surface area contributed by atoms with E-state index in [1.54, 1.807) is 10.6 Å². The fourth-order valence-corrected chi connectivity index (χ4v) is 2.32. The van der Waals surface area contributed by atoms with E-state index < -0.39 is 0 Å². The predicted molar refractivity (Wildman–Crippen MR) is 83.0 cm³/mol. The lowest BCUT2D eigenvalue weighted by Crippen LogP contribution is -2.26. The van der Waals surface area contributed by atoms with Crippen molar-refractivity contribution in [3.63, 3.8) is 0 Å². The molecule has 0 aliphatic heterocycles. The van der Waals surface area contributed by atoms with Gasteiger partial charge in [0.1, 0.15) is 5.75 Å². The van der Waals surface area contributed by atoms with Crippen LogP contribution in [0, 0.1) is 0 Å². The monoisotopic (exact) mass is 285 g/mol. The highest BCUT2D eigenvalue weighted by Crippen LogP contribution is 2.23. The molecule has 0 saturated carbocycles. The number of ether oxygens (including phenoxy) is 1. The molecule has 0 saturated heterocycles. The molecule has 0 aliphatic carbocycles. The first-order valence-electron chi connectivity index (χ1n) is 7.06. The Morgan fingerprint density at radius 2 is 1.95 bits per heavy atom. The number of aromatic nitrogens is 1. The number of Topliss-reactive ketones (excluding diaryl/α,β-unsaturated/α-hetero) is 1. The van der Waals surface area contributed by atoms with Gasteiger partial charge in [0, 0.05) is 12.1 Å². The summed E-state index contributed by atoms with van der Waals surface area (Å²) in [6.07, 6.45) is 0. The fraction of sp³-hybridized carbons (Fsp3) is 0.294. The highest BCUT2D eigenvalue weighted by Gasteiger charge is 2.12. The standard InChI is InChI=1S/C17H19NO3/c1-4-18-16(10-9-15(12(3)19)17(18)20)13-7-6-8-14(11-13)21-5-2/h6-11H,4-5H2,1-3H3. The second-order valence-corrected chi connectivity index (χ2v) is 4.70. The number of ketones is 1. The minimum atomic E-state index is -0.246. The first-order chi connectivity index (χ1) is 10.1. The van der Waals surface area contributed by atoms with E-state index in [1.807, 2.05) is 44.2 Å². The summed E-state index contributed by atoms with van der Waals surface area (Å²) in [5, 5.41) is 0. The second kappa shape index (κ2) is 6.39. The molecule has 4 nitrogen and oxygen atoms in total. The van der Waals surface area contributed by atoms with Crippen LogP contribution in [0.25, 0.3) is 11.3 Å². The zero-order chi connectivity index (χ0) is 15.4. The molecule has 0 fully saturated rings. The van der Waals surface area contributed by atoms with Gasteiger partial charge in [-0.2, -0.15) is 0 Å². The number of pyridine rings is 1. The van der Waals surface area contributed by atoms with Crippen LogP contribution in [0.2, 0.25) is 0 Å². The molecule has 4 heteroatoms. The highest BCUT2D eigenvalue weighted by atomic mass is 16.5. The molecule has 0 spiro atoms. The van der Waals surface area contributed by atoms with Crippen molar-refractivity contribution in [2.45, 2.75) is 27.3 Å². The lowest BCUT2D eigenvalue weighted by atomic mass is 10.1. The van der Waals surface area contributed by atoms with Crippen molar-refractivity contribution in [2.24, 2.45) is 0 Å². The van der Waals surface area contributed by atoms with Gasteiger partial charge < -0.3 is 9.30 Å². The van der Waals surface area contributed by atoms with Crippen LogP contribution < -0.4 is 10.3 Å². The molecule has 0 aliphatic rings. The average Bonchev–Trinajstić information content (AvgIpc) is 2.47. The summed E-state index contributed by atoms with van der Waals surface area (Å²) < 4.78 is 7.11. The van der Waals surface area contributed by atoms with E-state index in [0.29, 0.717) is 13.2 Å². The largest absolute Gasteiger partial charge is 0.494 e. The van der Waals surface area contributed by atoms with Crippen molar-refractivity contribution < 1.29 is 9.53 Å². The van der Waals surface area contributed by atoms with Crippen molar-refractivity contribution in [2.75, 3.05) is 6.61 Å². The van der Waals surface area contributed by atoms with Gasteiger partial charge >= 0.3 is 0 Å². The first-order valence-corrected chi connectivity index (χ1v) is 7.06. The summed E-state index contributed by atoms with van der Waals surface area (Å²) in [6.45, 7) is 6.32. The van der Waals surface area contributed by atoms with E-state index in [1.165, 1.54) is 6.92 Å². The third-order valence-corrected chi connectivity index (χ3v) is 3.31. The van der Waals surface area contributed by atoms with E-state index in [-0.39, 0.29) is 16.9 Å². The maximum atomic E-state index is 12.4. The van der Waals surface area contributed by atoms with Gasteiger partial charge in [-0.25, -0.2) is 0 Å². The van der Waals surface area contributed by atoms with Crippen LogP contribution in [-0.4, -0.2) is 17.0 Å². The van der Waals surface area contributed by atoms with Crippen molar-refractivity contribution >= 4 is 5.78 Å². The van der Waals surface area contributed by atoms with E-state index in [0.717, 1.165) is 17.0 Å². The van der Waals surface area contributed by atoms with Crippen LogP contribution >= 0.6 is 0 Å². The summed E-state index contributed by atoms with van der Waals surface area (Å²) in [4.78, 5) is 23.8. The Kier molecular flexibility index (Phi) is 4.58. The number of benzene rings is 1. The van der Waals surface area contributed by atoms with Gasteiger partial charge in [0.05, 0.1) is 17.9 Å². The summed E-state index contributed by atoms with van der Waals surface area (Å²) in [5.74, 6) is 0.553. The topological polar surface area (TPSA) is 48.3 Å². The molecule has 110 valence electrons. The molecule has 1 aromatic carbocycles. The molecule has 21 heavy (non-hydrogen) atoms. The number of carbonyl (C=O) groups excluding carboxylic acids is 1. The van der Waals surface area contributed by atoms with Crippen LogP contribution in [0.1, 0.15) is 31.1 Å². The third-order valence-electron chi connectivity index (χ3n) is 3.31. The Balaban J connectivity index is 2.59. The van der Waals surface area contributed by atoms with Crippen LogP contribution in [0.3, 0.4) is 0 Å². The summed E-state index contributed by atoms with van der Waals surface area (Å²) in [7, 11) is 0. The third kappa shape index (κ3) is 3.05. The lowest BCUT2D eigenvalue weighted by Gasteiger charge is -2.13. The number of rotatable bonds is 5. The highest BCUT2D eigenvalue weighted by molar-refractivity contribution is 5.94. The van der Waals surface area contributed by atoms with Crippen molar-refractivity contribution in [3.05, 3.63) is 52.3 Å².